The molecule has 26 heavy (non-hydrogen) atoms. The predicted octanol–water partition coefficient (Wildman–Crippen LogP) is 4.91. The Bertz CT molecular complexity index is 880. The summed E-state index contributed by atoms with van der Waals surface area (Å²) in [6.07, 6.45) is 7.28. The molecule has 1 atom stereocenters. The number of rotatable bonds is 5. The van der Waals surface area contributed by atoms with E-state index in [1.807, 2.05) is 22.9 Å². The maximum Gasteiger partial charge on any atom is 0.0645 e. The minimum atomic E-state index is 0.335. The van der Waals surface area contributed by atoms with Crippen molar-refractivity contribution >= 4 is 0 Å². The van der Waals surface area contributed by atoms with Gasteiger partial charge in [0.1, 0.15) is 0 Å². The summed E-state index contributed by atoms with van der Waals surface area (Å²) < 4.78 is 1.97. The molecule has 3 aromatic rings. The van der Waals surface area contributed by atoms with Crippen LogP contribution in [-0.2, 0) is 19.4 Å². The number of nitrogens with zero attached hydrogens (tertiary/aromatic N) is 2. The van der Waals surface area contributed by atoms with Crippen molar-refractivity contribution in [2.24, 2.45) is 0 Å². The van der Waals surface area contributed by atoms with Gasteiger partial charge in [-0.2, -0.15) is 5.10 Å². The lowest BCUT2D eigenvalue weighted by atomic mass is 9.89. The van der Waals surface area contributed by atoms with Crippen molar-refractivity contribution in [1.29, 1.82) is 0 Å². The lowest BCUT2D eigenvalue weighted by molar-refractivity contribution is 0.571. The van der Waals surface area contributed by atoms with Gasteiger partial charge in [-0.05, 0) is 68.4 Å². The van der Waals surface area contributed by atoms with Crippen LogP contribution in [-0.4, -0.2) is 9.78 Å². The SMILES string of the molecule is Cc1nn(-c2ccccc2)cc1CNC(C)c1ccc2c(c1)CCCC2. The Kier molecular flexibility index (Phi) is 4.89. The number of aryl methyl sites for hydroxylation is 3. The number of para-hydroxylation sites is 1. The molecule has 4 rings (SSSR count). The first-order valence-electron chi connectivity index (χ1n) is 9.66. The van der Waals surface area contributed by atoms with Crippen LogP contribution < -0.4 is 5.32 Å². The minimum Gasteiger partial charge on any atom is -0.306 e. The van der Waals surface area contributed by atoms with Gasteiger partial charge in [0.05, 0.1) is 11.4 Å². The fourth-order valence-electron chi connectivity index (χ4n) is 3.79. The van der Waals surface area contributed by atoms with Gasteiger partial charge < -0.3 is 5.32 Å². The number of fused-ring (bicyclic) bond motifs is 1. The van der Waals surface area contributed by atoms with Crippen LogP contribution in [0, 0.1) is 6.92 Å². The van der Waals surface area contributed by atoms with Crippen molar-refractivity contribution in [1.82, 2.24) is 15.1 Å². The highest BCUT2D eigenvalue weighted by Crippen LogP contribution is 2.25. The smallest absolute Gasteiger partial charge is 0.0645 e. The highest BCUT2D eigenvalue weighted by Gasteiger charge is 2.13. The highest BCUT2D eigenvalue weighted by molar-refractivity contribution is 5.35. The molecule has 3 heteroatoms. The van der Waals surface area contributed by atoms with Gasteiger partial charge in [0.25, 0.3) is 0 Å². The Hall–Kier alpha value is -2.39. The van der Waals surface area contributed by atoms with Crippen LogP contribution in [0.25, 0.3) is 5.69 Å². The quantitative estimate of drug-likeness (QED) is 0.712. The van der Waals surface area contributed by atoms with E-state index >= 15 is 0 Å². The second-order valence-electron chi connectivity index (χ2n) is 7.36. The molecule has 1 aromatic heterocycles. The van der Waals surface area contributed by atoms with E-state index in [9.17, 15) is 0 Å². The predicted molar refractivity (Wildman–Crippen MR) is 107 cm³/mol. The van der Waals surface area contributed by atoms with E-state index in [0.717, 1.165) is 17.9 Å². The summed E-state index contributed by atoms with van der Waals surface area (Å²) in [5.74, 6) is 0. The topological polar surface area (TPSA) is 29.9 Å². The Balaban J connectivity index is 1.45. The Morgan fingerprint density at radius 3 is 2.62 bits per heavy atom. The third-order valence-electron chi connectivity index (χ3n) is 5.49. The summed E-state index contributed by atoms with van der Waals surface area (Å²) in [5.41, 5.74) is 7.92. The molecule has 0 amide bonds. The van der Waals surface area contributed by atoms with Gasteiger partial charge in [-0.15, -0.1) is 0 Å². The average molecular weight is 345 g/mol. The zero-order chi connectivity index (χ0) is 17.9. The van der Waals surface area contributed by atoms with Gasteiger partial charge in [-0.1, -0.05) is 36.4 Å². The molecule has 0 saturated heterocycles. The van der Waals surface area contributed by atoms with E-state index in [-0.39, 0.29) is 0 Å². The summed E-state index contributed by atoms with van der Waals surface area (Å²) in [6.45, 7) is 5.17. The average Bonchev–Trinajstić information content (AvgIpc) is 3.07. The maximum absolute atomic E-state index is 4.67. The van der Waals surface area contributed by atoms with Gasteiger partial charge >= 0.3 is 0 Å². The molecular formula is C23H27N3. The van der Waals surface area contributed by atoms with E-state index in [1.54, 1.807) is 11.1 Å². The van der Waals surface area contributed by atoms with Crippen LogP contribution >= 0.6 is 0 Å². The fraction of sp³-hybridized carbons (Fsp3) is 0.348. The summed E-state index contributed by atoms with van der Waals surface area (Å²) >= 11 is 0. The van der Waals surface area contributed by atoms with Crippen molar-refractivity contribution in [2.45, 2.75) is 52.1 Å². The van der Waals surface area contributed by atoms with Crippen LogP contribution in [0.4, 0.5) is 0 Å². The van der Waals surface area contributed by atoms with Gasteiger partial charge in [-0.25, -0.2) is 4.68 Å². The van der Waals surface area contributed by atoms with Gasteiger partial charge in [0.2, 0.25) is 0 Å². The standard InChI is InChI=1S/C23H27N3/c1-17(20-13-12-19-8-6-7-9-21(19)14-20)24-15-22-16-26(25-18(22)2)23-10-4-3-5-11-23/h3-5,10-14,16-17,24H,6-9,15H2,1-2H3. The maximum atomic E-state index is 4.67. The molecule has 3 nitrogen and oxygen atoms in total. The van der Waals surface area contributed by atoms with Crippen molar-refractivity contribution in [3.63, 3.8) is 0 Å². The molecule has 1 unspecified atom stereocenters. The summed E-state index contributed by atoms with van der Waals surface area (Å²) in [4.78, 5) is 0. The zero-order valence-corrected chi connectivity index (χ0v) is 15.7. The van der Waals surface area contributed by atoms with Crippen LogP contribution in [0.5, 0.6) is 0 Å². The minimum absolute atomic E-state index is 0.335. The summed E-state index contributed by atoms with van der Waals surface area (Å²) in [6, 6.07) is 17.7. The molecule has 0 spiro atoms. The zero-order valence-electron chi connectivity index (χ0n) is 15.7. The van der Waals surface area contributed by atoms with Gasteiger partial charge in [-0.3, -0.25) is 0 Å². The molecule has 2 aromatic carbocycles. The van der Waals surface area contributed by atoms with E-state index in [1.165, 1.54) is 36.8 Å². The Labute approximate surface area is 156 Å². The van der Waals surface area contributed by atoms with Crippen LogP contribution in [0.2, 0.25) is 0 Å². The van der Waals surface area contributed by atoms with Crippen molar-refractivity contribution in [2.75, 3.05) is 0 Å². The number of benzene rings is 2. The lowest BCUT2D eigenvalue weighted by Gasteiger charge is -2.20. The molecule has 0 fully saturated rings. The van der Waals surface area contributed by atoms with Crippen LogP contribution in [0.3, 0.4) is 0 Å². The highest BCUT2D eigenvalue weighted by atomic mass is 15.3. The van der Waals surface area contributed by atoms with E-state index in [2.05, 4.69) is 60.8 Å². The van der Waals surface area contributed by atoms with Gasteiger partial charge in [0, 0.05) is 24.3 Å². The third-order valence-corrected chi connectivity index (χ3v) is 5.49. The van der Waals surface area contributed by atoms with E-state index < -0.39 is 0 Å². The second-order valence-corrected chi connectivity index (χ2v) is 7.36. The first-order valence-corrected chi connectivity index (χ1v) is 9.66. The Morgan fingerprint density at radius 2 is 1.81 bits per heavy atom. The molecule has 0 bridgehead atoms. The van der Waals surface area contributed by atoms with Crippen molar-refractivity contribution in [3.8, 4) is 5.69 Å². The number of hydrogen-bond acceptors (Lipinski definition) is 2. The first kappa shape index (κ1) is 17.0. The molecule has 1 N–H and O–H groups in total. The molecule has 1 aliphatic carbocycles. The number of hydrogen-bond donors (Lipinski definition) is 1. The molecule has 0 radical (unpaired) electrons. The molecule has 0 aliphatic heterocycles. The third kappa shape index (κ3) is 3.58. The number of aromatic nitrogens is 2. The normalized spacial score (nSPS) is 14.8. The van der Waals surface area contributed by atoms with Crippen molar-refractivity contribution in [3.05, 3.63) is 82.7 Å². The van der Waals surface area contributed by atoms with E-state index in [4.69, 9.17) is 0 Å². The molecular weight excluding hydrogens is 318 g/mol. The van der Waals surface area contributed by atoms with Crippen molar-refractivity contribution < 1.29 is 0 Å². The van der Waals surface area contributed by atoms with Crippen LogP contribution in [0.15, 0.2) is 54.7 Å². The molecule has 134 valence electrons. The fourth-order valence-corrected chi connectivity index (χ4v) is 3.79. The first-order chi connectivity index (χ1) is 12.7. The van der Waals surface area contributed by atoms with E-state index in [0.29, 0.717) is 6.04 Å². The monoisotopic (exact) mass is 345 g/mol. The Morgan fingerprint density at radius 1 is 1.04 bits per heavy atom. The summed E-state index contributed by atoms with van der Waals surface area (Å²) in [5, 5.41) is 8.34. The summed E-state index contributed by atoms with van der Waals surface area (Å²) in [7, 11) is 0. The van der Waals surface area contributed by atoms with Crippen LogP contribution in [0.1, 0.15) is 53.8 Å². The molecule has 1 heterocycles. The molecule has 1 aliphatic rings. The second kappa shape index (κ2) is 7.46. The lowest BCUT2D eigenvalue weighted by Crippen LogP contribution is -2.19. The van der Waals surface area contributed by atoms with Gasteiger partial charge in [0.15, 0.2) is 0 Å². The molecule has 0 saturated carbocycles. The number of nitrogens with one attached hydrogen (secondary N) is 1. The largest absolute Gasteiger partial charge is 0.306 e.